The summed E-state index contributed by atoms with van der Waals surface area (Å²) >= 11 is 0. The first-order valence-corrected chi connectivity index (χ1v) is 9.05. The van der Waals surface area contributed by atoms with E-state index in [0.29, 0.717) is 22.8 Å². The van der Waals surface area contributed by atoms with E-state index in [0.717, 1.165) is 17.7 Å². The van der Waals surface area contributed by atoms with Crippen LogP contribution in [0.4, 0.5) is 18.0 Å². The number of benzene rings is 2. The first-order chi connectivity index (χ1) is 14.8. The average Bonchev–Trinajstić information content (AvgIpc) is 3.12. The summed E-state index contributed by atoms with van der Waals surface area (Å²) in [6, 6.07) is 10.9. The van der Waals surface area contributed by atoms with Crippen molar-refractivity contribution in [1.29, 1.82) is 0 Å². The van der Waals surface area contributed by atoms with Crippen molar-refractivity contribution in [1.82, 2.24) is 21.3 Å². The topological polar surface area (TPSA) is 109 Å². The van der Waals surface area contributed by atoms with Gasteiger partial charge in [-0.1, -0.05) is 12.1 Å². The number of nitrogens with zero attached hydrogens (tertiary/aromatic N) is 1. The van der Waals surface area contributed by atoms with Crippen LogP contribution >= 0.6 is 0 Å². The molecule has 2 aromatic carbocycles. The Morgan fingerprint density at radius 2 is 1.81 bits per heavy atom. The Labute approximate surface area is 175 Å². The molecule has 8 nitrogen and oxygen atoms in total. The van der Waals surface area contributed by atoms with E-state index in [1.165, 1.54) is 17.7 Å². The number of amides is 2. The van der Waals surface area contributed by atoms with Crippen molar-refractivity contribution in [3.8, 4) is 17.2 Å². The third-order valence-corrected chi connectivity index (χ3v) is 4.27. The minimum absolute atomic E-state index is 0.109. The summed E-state index contributed by atoms with van der Waals surface area (Å²) in [5, 5.41) is 10.9. The van der Waals surface area contributed by atoms with Gasteiger partial charge in [-0.05, 0) is 48.9 Å². The summed E-state index contributed by atoms with van der Waals surface area (Å²) in [7, 11) is 0. The number of rotatable bonds is 7. The molecular formula is C20H19F3N4O4. The van der Waals surface area contributed by atoms with Crippen LogP contribution in [0.25, 0.3) is 11.5 Å². The summed E-state index contributed by atoms with van der Waals surface area (Å²) < 4.78 is 49.4. The Morgan fingerprint density at radius 3 is 2.42 bits per heavy atom. The van der Waals surface area contributed by atoms with E-state index in [9.17, 15) is 18.0 Å². The fraction of sp³-hybridized carbons (Fsp3) is 0.200. The predicted octanol–water partition coefficient (Wildman–Crippen LogP) is 3.94. The number of ether oxygens (including phenoxy) is 1. The van der Waals surface area contributed by atoms with Gasteiger partial charge in [0, 0.05) is 12.1 Å². The van der Waals surface area contributed by atoms with E-state index in [-0.39, 0.29) is 19.0 Å². The number of aryl methyl sites for hydroxylation is 1. The number of urea groups is 1. The Balaban J connectivity index is 1.59. The molecule has 0 radical (unpaired) electrons. The molecule has 3 rings (SSSR count). The van der Waals surface area contributed by atoms with Gasteiger partial charge in [-0.2, -0.15) is 13.2 Å². The maximum absolute atomic E-state index is 12.7. The fourth-order valence-electron chi connectivity index (χ4n) is 2.62. The van der Waals surface area contributed by atoms with Crippen LogP contribution in [0.15, 0.2) is 52.9 Å². The maximum atomic E-state index is 12.7. The molecule has 31 heavy (non-hydrogen) atoms. The zero-order valence-electron chi connectivity index (χ0n) is 16.3. The Morgan fingerprint density at radius 1 is 1.13 bits per heavy atom. The van der Waals surface area contributed by atoms with Gasteiger partial charge < -0.3 is 14.5 Å². The summed E-state index contributed by atoms with van der Waals surface area (Å²) in [5.74, 6) is 1.27. The standard InChI is InChI=1S/C20H19F3N4O4/c1-12-17(25-18(31-12)14-4-6-15(7-5-14)20(21,22)23)11-30-16-8-2-13(3-9-16)10-24-19(28)26-27-29/h2-9,27,29H,10-11H2,1H3,(H2,24,26,28). The van der Waals surface area contributed by atoms with Crippen LogP contribution < -0.4 is 21.1 Å². The van der Waals surface area contributed by atoms with Gasteiger partial charge in [0.25, 0.3) is 0 Å². The van der Waals surface area contributed by atoms with E-state index in [2.05, 4.69) is 10.3 Å². The molecule has 0 bridgehead atoms. The minimum atomic E-state index is -4.40. The summed E-state index contributed by atoms with van der Waals surface area (Å²) in [4.78, 5) is 15.5. The second kappa shape index (κ2) is 9.49. The van der Waals surface area contributed by atoms with Gasteiger partial charge >= 0.3 is 12.2 Å². The largest absolute Gasteiger partial charge is 0.487 e. The van der Waals surface area contributed by atoms with Crippen LogP contribution in [0, 0.1) is 6.92 Å². The average molecular weight is 436 g/mol. The van der Waals surface area contributed by atoms with Crippen molar-refractivity contribution < 1.29 is 32.3 Å². The van der Waals surface area contributed by atoms with Gasteiger partial charge in [0.15, 0.2) is 0 Å². The van der Waals surface area contributed by atoms with Gasteiger partial charge in [-0.3, -0.25) is 10.6 Å². The molecule has 0 aliphatic heterocycles. The third-order valence-electron chi connectivity index (χ3n) is 4.27. The van der Waals surface area contributed by atoms with E-state index in [1.807, 2.05) is 5.43 Å². The van der Waals surface area contributed by atoms with Crippen LogP contribution in [0.3, 0.4) is 0 Å². The monoisotopic (exact) mass is 436 g/mol. The van der Waals surface area contributed by atoms with Crippen LogP contribution in [0.1, 0.15) is 22.6 Å². The summed E-state index contributed by atoms with van der Waals surface area (Å²) in [5.41, 5.74) is 4.51. The quantitative estimate of drug-likeness (QED) is 0.418. The number of hydrazine groups is 1. The van der Waals surface area contributed by atoms with Gasteiger partial charge in [-0.25, -0.2) is 9.78 Å². The highest BCUT2D eigenvalue weighted by Crippen LogP contribution is 2.31. The van der Waals surface area contributed by atoms with Crippen molar-refractivity contribution in [3.63, 3.8) is 0 Å². The highest BCUT2D eigenvalue weighted by atomic mass is 19.4. The van der Waals surface area contributed by atoms with Gasteiger partial charge in [-0.15, -0.1) is 5.59 Å². The van der Waals surface area contributed by atoms with Crippen LogP contribution in [-0.2, 0) is 19.3 Å². The lowest BCUT2D eigenvalue weighted by Crippen LogP contribution is -2.42. The van der Waals surface area contributed by atoms with Crippen LogP contribution in [0.2, 0.25) is 0 Å². The number of carbonyl (C=O) groups excluding carboxylic acids is 1. The second-order valence-corrected chi connectivity index (χ2v) is 6.45. The molecule has 1 aromatic heterocycles. The number of alkyl halides is 3. The highest BCUT2D eigenvalue weighted by molar-refractivity contribution is 5.73. The van der Waals surface area contributed by atoms with Crippen molar-refractivity contribution in [2.75, 3.05) is 0 Å². The van der Waals surface area contributed by atoms with Crippen molar-refractivity contribution in [2.24, 2.45) is 0 Å². The molecular weight excluding hydrogens is 417 g/mol. The number of oxazole rings is 1. The van der Waals surface area contributed by atoms with Gasteiger partial charge in [0.2, 0.25) is 5.89 Å². The molecule has 0 atom stereocenters. The highest BCUT2D eigenvalue weighted by Gasteiger charge is 2.30. The summed E-state index contributed by atoms with van der Waals surface area (Å²) in [6.45, 7) is 2.05. The molecule has 4 N–H and O–H groups in total. The SMILES string of the molecule is Cc1oc(-c2ccc(C(F)(F)F)cc2)nc1COc1ccc(CNC(=O)NNO)cc1. The number of halogens is 3. The minimum Gasteiger partial charge on any atom is -0.487 e. The third kappa shape index (κ3) is 5.96. The van der Waals surface area contributed by atoms with Crippen molar-refractivity contribution >= 4 is 6.03 Å². The molecule has 0 spiro atoms. The van der Waals surface area contributed by atoms with Crippen molar-refractivity contribution in [3.05, 3.63) is 71.1 Å². The van der Waals surface area contributed by atoms with Crippen LogP contribution in [-0.4, -0.2) is 16.2 Å². The van der Waals surface area contributed by atoms with E-state index >= 15 is 0 Å². The molecule has 164 valence electrons. The first-order valence-electron chi connectivity index (χ1n) is 9.05. The molecule has 0 aliphatic rings. The lowest BCUT2D eigenvalue weighted by Gasteiger charge is -2.08. The molecule has 1 heterocycles. The van der Waals surface area contributed by atoms with E-state index in [1.54, 1.807) is 31.2 Å². The van der Waals surface area contributed by atoms with E-state index < -0.39 is 17.8 Å². The zero-order valence-corrected chi connectivity index (χ0v) is 16.3. The molecule has 11 heteroatoms. The summed E-state index contributed by atoms with van der Waals surface area (Å²) in [6.07, 6.45) is -4.40. The smallest absolute Gasteiger partial charge is 0.416 e. The van der Waals surface area contributed by atoms with Crippen molar-refractivity contribution in [2.45, 2.75) is 26.3 Å². The normalized spacial score (nSPS) is 11.3. The Bertz CT molecular complexity index is 1020. The molecule has 0 unspecified atom stereocenters. The Hall–Kier alpha value is -3.57. The van der Waals surface area contributed by atoms with E-state index in [4.69, 9.17) is 14.4 Å². The lowest BCUT2D eigenvalue weighted by atomic mass is 10.1. The molecule has 3 aromatic rings. The first kappa shape index (κ1) is 22.1. The maximum Gasteiger partial charge on any atom is 0.416 e. The molecule has 0 aliphatic carbocycles. The van der Waals surface area contributed by atoms with Gasteiger partial charge in [0.1, 0.15) is 23.8 Å². The lowest BCUT2D eigenvalue weighted by molar-refractivity contribution is -0.137. The number of hydrogen-bond donors (Lipinski definition) is 4. The number of carbonyl (C=O) groups is 1. The number of aromatic nitrogens is 1. The molecule has 2 amide bonds. The van der Waals surface area contributed by atoms with Gasteiger partial charge in [0.05, 0.1) is 5.56 Å². The molecule has 0 saturated carbocycles. The molecule has 0 fully saturated rings. The predicted molar refractivity (Wildman–Crippen MR) is 103 cm³/mol. The molecule has 0 saturated heterocycles. The zero-order chi connectivity index (χ0) is 22.4. The van der Waals surface area contributed by atoms with Crippen LogP contribution in [0.5, 0.6) is 5.75 Å². The fourth-order valence-corrected chi connectivity index (χ4v) is 2.62. The number of nitrogens with one attached hydrogen (secondary N) is 3. The number of hydrogen-bond acceptors (Lipinski definition) is 6. The Kier molecular flexibility index (Phi) is 6.78. The second-order valence-electron chi connectivity index (χ2n) is 6.45.